The normalized spacial score (nSPS) is 29.5. The molecule has 3 fully saturated rings. The number of ether oxygens (including phenoxy) is 4. The molecule has 398 valence electrons. The van der Waals surface area contributed by atoms with Gasteiger partial charge in [0.05, 0.1) is 47.5 Å². The molecule has 2 aliphatic carbocycles. The number of fused-ring (bicyclic) bond motifs is 8. The van der Waals surface area contributed by atoms with Gasteiger partial charge in [0, 0.05) is 87.0 Å². The van der Waals surface area contributed by atoms with Crippen molar-refractivity contribution in [3.8, 4) is 40.6 Å². The molecule has 12 unspecified atom stereocenters. The number of aliphatic hydroxyl groups excluding tert-OH is 1. The number of aliphatic imine (C=N–C) groups is 1. The summed E-state index contributed by atoms with van der Waals surface area (Å²) in [5.41, 5.74) is 9.65. The number of aromatic nitrogens is 3. The summed E-state index contributed by atoms with van der Waals surface area (Å²) in [6.45, 7) is 2.81. The number of esters is 1. The van der Waals surface area contributed by atoms with Crippen LogP contribution < -0.4 is 36.5 Å². The van der Waals surface area contributed by atoms with E-state index in [0.717, 1.165) is 46.9 Å². The number of nitrogens with two attached hydrogens (primary N) is 1. The van der Waals surface area contributed by atoms with Gasteiger partial charge in [-0.1, -0.05) is 42.2 Å². The topological polar surface area (TPSA) is 255 Å². The number of hydrogen-bond donors (Lipinski definition) is 10. The van der Waals surface area contributed by atoms with Gasteiger partial charge in [-0.15, -0.1) is 0 Å². The number of carbonyl (C=O) groups excluding carboxylic acids is 1. The smallest absolute Gasteiger partial charge is 0.302 e. The molecule has 6 aliphatic rings. The summed E-state index contributed by atoms with van der Waals surface area (Å²) in [5.74, 6) is 5.86. The van der Waals surface area contributed by atoms with Crippen LogP contribution in [0.1, 0.15) is 74.4 Å². The molecule has 76 heavy (non-hydrogen) atoms. The van der Waals surface area contributed by atoms with Gasteiger partial charge >= 0.3 is 5.97 Å². The van der Waals surface area contributed by atoms with Crippen molar-refractivity contribution in [2.75, 3.05) is 26.7 Å². The van der Waals surface area contributed by atoms with Crippen molar-refractivity contribution in [3.63, 3.8) is 0 Å². The Hall–Kier alpha value is -7.59. The molecule has 2 bridgehead atoms. The van der Waals surface area contributed by atoms with E-state index in [0.29, 0.717) is 61.9 Å². The predicted molar refractivity (Wildman–Crippen MR) is 285 cm³/mol. The highest BCUT2D eigenvalue weighted by Gasteiger charge is 2.59. The van der Waals surface area contributed by atoms with E-state index < -0.39 is 60.2 Å². The molecule has 1 spiro atoms. The zero-order valence-corrected chi connectivity index (χ0v) is 42.7. The Balaban J connectivity index is 0.977. The molecule has 18 nitrogen and oxygen atoms in total. The summed E-state index contributed by atoms with van der Waals surface area (Å²) in [4.78, 5) is 25.6. The van der Waals surface area contributed by atoms with Crippen LogP contribution in [0.15, 0.2) is 120 Å². The van der Waals surface area contributed by atoms with E-state index in [1.165, 1.54) is 13.0 Å². The van der Waals surface area contributed by atoms with Gasteiger partial charge in [-0.3, -0.25) is 20.1 Å². The molecule has 4 aliphatic heterocycles. The number of H-pyrrole nitrogens is 1. The maximum Gasteiger partial charge on any atom is 0.302 e. The molecule has 0 amide bonds. The van der Waals surface area contributed by atoms with Gasteiger partial charge in [0.2, 0.25) is 5.75 Å². The number of guanidine groups is 1. The Labute approximate surface area is 441 Å². The average molecular weight is 1030 g/mol. The number of pyridine rings is 1. The molecule has 3 aromatic heterocycles. The maximum absolute atomic E-state index is 12.9. The molecular formula is C58H67N9O9. The van der Waals surface area contributed by atoms with Crippen molar-refractivity contribution in [1.82, 2.24) is 35.8 Å². The first kappa shape index (κ1) is 50.6. The van der Waals surface area contributed by atoms with E-state index >= 15 is 0 Å². The zero-order chi connectivity index (χ0) is 52.5. The number of hydrogen-bond acceptors (Lipinski definition) is 14. The number of nitrogens with zero attached hydrogens (tertiary/aromatic N) is 3. The molecule has 5 aromatic rings. The van der Waals surface area contributed by atoms with Crippen LogP contribution in [0.2, 0.25) is 0 Å². The molecule has 11 N–H and O–H groups in total. The van der Waals surface area contributed by atoms with Crippen LogP contribution in [0.5, 0.6) is 28.7 Å². The van der Waals surface area contributed by atoms with Crippen molar-refractivity contribution >= 4 is 22.8 Å². The monoisotopic (exact) mass is 1030 g/mol. The predicted octanol–water partition coefficient (Wildman–Crippen LogP) is 5.84. The molecule has 12 atom stereocenters. The van der Waals surface area contributed by atoms with Crippen LogP contribution >= 0.6 is 0 Å². The van der Waals surface area contributed by atoms with Crippen LogP contribution in [0.25, 0.3) is 10.9 Å². The maximum atomic E-state index is 12.9. The second-order valence-corrected chi connectivity index (χ2v) is 21.0. The van der Waals surface area contributed by atoms with E-state index in [1.54, 1.807) is 31.6 Å². The van der Waals surface area contributed by atoms with Crippen molar-refractivity contribution in [2.24, 2.45) is 40.3 Å². The van der Waals surface area contributed by atoms with Crippen molar-refractivity contribution in [3.05, 3.63) is 132 Å². The summed E-state index contributed by atoms with van der Waals surface area (Å²) in [6.07, 6.45) is 18.6. The van der Waals surface area contributed by atoms with Crippen molar-refractivity contribution in [1.29, 1.82) is 0 Å². The van der Waals surface area contributed by atoms with Gasteiger partial charge in [-0.05, 0) is 110 Å². The minimum absolute atomic E-state index is 0.00474. The van der Waals surface area contributed by atoms with E-state index in [-0.39, 0.29) is 53.8 Å². The molecular weight excluding hydrogens is 967 g/mol. The highest BCUT2D eigenvalue weighted by atomic mass is 16.6. The first-order valence-corrected chi connectivity index (χ1v) is 26.5. The largest absolute Gasteiger partial charge is 0.504 e. The first-order chi connectivity index (χ1) is 36.9. The number of dihydropyridines is 1. The number of aromatic amines is 1. The molecule has 11 rings (SSSR count). The van der Waals surface area contributed by atoms with Gasteiger partial charge in [-0.25, -0.2) is 0 Å². The molecule has 2 aromatic carbocycles. The Morgan fingerprint density at radius 2 is 2.00 bits per heavy atom. The van der Waals surface area contributed by atoms with E-state index in [4.69, 9.17) is 29.7 Å². The summed E-state index contributed by atoms with van der Waals surface area (Å²) in [5, 5.41) is 61.0. The van der Waals surface area contributed by atoms with Crippen LogP contribution in [0.4, 0.5) is 0 Å². The SMILES string of the molecule is CNC(O)C1C(n2cc3cc[nH]c3c2)NC(=NCCCC2=CCNC(N)=C2)NC12CCCC1Oc3cc(ccc3O)CC3C(C#CC12)C=CC1C(OC(C)=O)CC(c2cc(O)c(O)c(OCCc4cccnc4)c2)OC13. The minimum atomic E-state index is -1.04. The third-order valence-electron chi connectivity index (χ3n) is 16.1. The van der Waals surface area contributed by atoms with E-state index in [9.17, 15) is 25.2 Å². The Morgan fingerprint density at radius 1 is 1.11 bits per heavy atom. The van der Waals surface area contributed by atoms with E-state index in [2.05, 4.69) is 78.3 Å². The quantitative estimate of drug-likeness (QED) is 0.0166. The van der Waals surface area contributed by atoms with Gasteiger partial charge in [0.25, 0.3) is 0 Å². The third-order valence-corrected chi connectivity index (χ3v) is 16.1. The summed E-state index contributed by atoms with van der Waals surface area (Å²) in [7, 11) is 1.75. The number of phenolic OH excluding ortho intramolecular Hbond substituents is 3. The number of carbonyl (C=O) groups is 1. The van der Waals surface area contributed by atoms with Crippen LogP contribution in [0, 0.1) is 41.4 Å². The lowest BCUT2D eigenvalue weighted by Gasteiger charge is -2.57. The molecule has 18 heteroatoms. The standard InChI is InChI=1S/C58H67N9O9/c1-33(68)74-48-29-47(39-27-45(70)53(71)50(28-39)73-23-17-35-7-4-19-61-30-35)76-54-40(48)12-10-37-11-13-42-46(75-49-25-36(24-41(37)54)9-14-44(49)69)8-3-18-58(42)52(56(72)60-2)55(67-31-38-16-22-62-43(38)32-67)65-57(66-58)64-20-5-6-34-15-21-63-51(59)26-34/h4,7,9-10,12,14-16,19,22,25-28,30-32,37,40-42,46-48,52,54-56,60,62-63,69-72H,3,5-6,8,17-18,20-21,23-24,29,59H2,1-2H3,(H2,64,65,66). The number of aromatic hydroxyl groups is 3. The second-order valence-electron chi connectivity index (χ2n) is 21.0. The fraction of sp³-hybridized carbons (Fsp3) is 0.431. The van der Waals surface area contributed by atoms with Crippen molar-refractivity contribution in [2.45, 2.75) is 101 Å². The lowest BCUT2D eigenvalue weighted by molar-refractivity contribution is -0.179. The fourth-order valence-electron chi connectivity index (χ4n) is 12.5. The number of allylic oxidation sites excluding steroid dienone is 3. The third kappa shape index (κ3) is 10.3. The first-order valence-electron chi connectivity index (χ1n) is 26.5. The summed E-state index contributed by atoms with van der Waals surface area (Å²) >= 11 is 0. The lowest BCUT2D eigenvalue weighted by Crippen LogP contribution is -2.75. The van der Waals surface area contributed by atoms with Gasteiger partial charge in [0.1, 0.15) is 24.6 Å². The second kappa shape index (κ2) is 21.6. The van der Waals surface area contributed by atoms with Gasteiger partial charge < -0.3 is 70.6 Å². The highest BCUT2D eigenvalue weighted by molar-refractivity contribution is 5.83. The van der Waals surface area contributed by atoms with Crippen molar-refractivity contribution < 1.29 is 44.2 Å². The average Bonchev–Trinajstić information content (AvgIpc) is 4.04. The summed E-state index contributed by atoms with van der Waals surface area (Å²) in [6, 6.07) is 14.4. The number of nitrogens with one attached hydrogen (secondary N) is 5. The lowest BCUT2D eigenvalue weighted by atomic mass is 9.62. The number of aliphatic hydroxyl groups is 1. The number of phenols is 3. The summed E-state index contributed by atoms with van der Waals surface area (Å²) < 4.78 is 28.5. The number of rotatable bonds is 13. The zero-order valence-electron chi connectivity index (χ0n) is 42.7. The van der Waals surface area contributed by atoms with E-state index in [1.807, 2.05) is 42.6 Å². The van der Waals surface area contributed by atoms with Crippen LogP contribution in [-0.2, 0) is 27.1 Å². The van der Waals surface area contributed by atoms with Crippen LogP contribution in [0.3, 0.4) is 0 Å². The molecule has 1 saturated carbocycles. The Bertz CT molecular complexity index is 3090. The number of benzene rings is 2. The molecule has 0 radical (unpaired) electrons. The highest BCUT2D eigenvalue weighted by Crippen LogP contribution is 2.51. The molecule has 2 saturated heterocycles. The Kier molecular flexibility index (Phi) is 14.3. The fourth-order valence-corrected chi connectivity index (χ4v) is 12.5. The van der Waals surface area contributed by atoms with Gasteiger partial charge in [0.15, 0.2) is 29.0 Å². The van der Waals surface area contributed by atoms with Crippen LogP contribution in [-0.4, -0.2) is 104 Å². The molecule has 7 heterocycles. The minimum Gasteiger partial charge on any atom is -0.504 e. The Morgan fingerprint density at radius 3 is 2.82 bits per heavy atom. The van der Waals surface area contributed by atoms with Gasteiger partial charge in [-0.2, -0.15) is 0 Å².